The molecule has 0 spiro atoms. The van der Waals surface area contributed by atoms with Gasteiger partial charge in [0.15, 0.2) is 5.96 Å². The second-order valence-electron chi connectivity index (χ2n) is 6.15. The number of nitrogens with one attached hydrogen (secondary N) is 3. The minimum atomic E-state index is -3.66. The molecule has 0 amide bonds. The van der Waals surface area contributed by atoms with Crippen LogP contribution in [0.2, 0.25) is 0 Å². The number of aromatic nitrogens is 1. The van der Waals surface area contributed by atoms with Gasteiger partial charge in [0.2, 0.25) is 10.0 Å². The molecule has 0 bridgehead atoms. The topological polar surface area (TPSA) is 112 Å². The highest BCUT2D eigenvalue weighted by Crippen LogP contribution is 2.17. The molecule has 27 heavy (non-hydrogen) atoms. The molecule has 0 aliphatic heterocycles. The quantitative estimate of drug-likeness (QED) is 0.382. The van der Waals surface area contributed by atoms with Crippen LogP contribution in [-0.2, 0) is 23.0 Å². The number of nitrogens with two attached hydrogens (primary N) is 1. The molecule has 0 saturated carbocycles. The minimum absolute atomic E-state index is 0.104. The molecule has 7 nitrogen and oxygen atoms in total. The van der Waals surface area contributed by atoms with Gasteiger partial charge in [-0.1, -0.05) is 30.3 Å². The largest absolute Gasteiger partial charge is 0.361 e. The number of H-pyrrole nitrogens is 1. The summed E-state index contributed by atoms with van der Waals surface area (Å²) in [6, 6.07) is 14.7. The Morgan fingerprint density at radius 1 is 1.11 bits per heavy atom. The van der Waals surface area contributed by atoms with Crippen LogP contribution in [0.3, 0.4) is 0 Å². The third-order valence-electron chi connectivity index (χ3n) is 4.30. The molecule has 0 aliphatic carbocycles. The highest BCUT2D eigenvalue weighted by atomic mass is 32.2. The van der Waals surface area contributed by atoms with E-state index in [1.807, 2.05) is 18.3 Å². The molecule has 0 unspecified atom stereocenters. The molecule has 3 rings (SSSR count). The lowest BCUT2D eigenvalue weighted by Crippen LogP contribution is -2.37. The van der Waals surface area contributed by atoms with Crippen LogP contribution in [0.25, 0.3) is 10.9 Å². The number of sulfonamides is 1. The van der Waals surface area contributed by atoms with E-state index < -0.39 is 10.0 Å². The first-order chi connectivity index (χ1) is 13.0. The summed E-state index contributed by atoms with van der Waals surface area (Å²) in [7, 11) is -1.95. The molecule has 0 radical (unpaired) electrons. The van der Waals surface area contributed by atoms with Gasteiger partial charge in [0.1, 0.15) is 0 Å². The van der Waals surface area contributed by atoms with Crippen LogP contribution < -0.4 is 15.8 Å². The summed E-state index contributed by atoms with van der Waals surface area (Å²) in [5.41, 5.74) is 3.33. The number of aliphatic imine (C=N–C) groups is 1. The molecule has 0 fully saturated rings. The van der Waals surface area contributed by atoms with Crippen LogP contribution in [0.4, 0.5) is 0 Å². The van der Waals surface area contributed by atoms with Gasteiger partial charge in [0.05, 0.1) is 4.90 Å². The summed E-state index contributed by atoms with van der Waals surface area (Å²) in [5.74, 6) is 0.686. The van der Waals surface area contributed by atoms with E-state index in [1.54, 1.807) is 19.2 Å². The van der Waals surface area contributed by atoms with Crippen molar-refractivity contribution in [3.8, 4) is 0 Å². The predicted molar refractivity (Wildman–Crippen MR) is 108 cm³/mol. The van der Waals surface area contributed by atoms with Crippen molar-refractivity contribution in [2.24, 2.45) is 10.1 Å². The van der Waals surface area contributed by atoms with E-state index in [9.17, 15) is 8.42 Å². The average Bonchev–Trinajstić information content (AvgIpc) is 3.07. The summed E-state index contributed by atoms with van der Waals surface area (Å²) in [6.07, 6.45) is 2.91. The van der Waals surface area contributed by atoms with Gasteiger partial charge in [0, 0.05) is 37.2 Å². The van der Waals surface area contributed by atoms with Crippen LogP contribution in [-0.4, -0.2) is 33.0 Å². The maximum absolute atomic E-state index is 11.3. The molecule has 0 aliphatic rings. The lowest BCUT2D eigenvalue weighted by atomic mass is 10.1. The van der Waals surface area contributed by atoms with Gasteiger partial charge >= 0.3 is 0 Å². The first-order valence-corrected chi connectivity index (χ1v) is 10.1. The molecule has 142 valence electrons. The SMILES string of the molecule is CN=C(NCCc1c[nH]c2ccccc12)NCc1ccc(S(N)(=O)=O)cc1. The Kier molecular flexibility index (Phi) is 5.78. The Balaban J connectivity index is 1.51. The van der Waals surface area contributed by atoms with Crippen molar-refractivity contribution < 1.29 is 8.42 Å². The van der Waals surface area contributed by atoms with Crippen LogP contribution in [0.1, 0.15) is 11.1 Å². The zero-order valence-electron chi connectivity index (χ0n) is 15.1. The number of fused-ring (bicyclic) bond motifs is 1. The molecular formula is C19H23N5O2S. The Hall–Kier alpha value is -2.84. The summed E-state index contributed by atoms with van der Waals surface area (Å²) < 4.78 is 22.6. The van der Waals surface area contributed by atoms with Crippen molar-refractivity contribution in [1.29, 1.82) is 0 Å². The van der Waals surface area contributed by atoms with Crippen LogP contribution in [0, 0.1) is 0 Å². The van der Waals surface area contributed by atoms with E-state index >= 15 is 0 Å². The monoisotopic (exact) mass is 385 g/mol. The third-order valence-corrected chi connectivity index (χ3v) is 5.23. The number of aromatic amines is 1. The molecule has 5 N–H and O–H groups in total. The van der Waals surface area contributed by atoms with Crippen molar-refractivity contribution in [2.45, 2.75) is 17.9 Å². The zero-order chi connectivity index (χ0) is 19.3. The van der Waals surface area contributed by atoms with Crippen molar-refractivity contribution in [3.63, 3.8) is 0 Å². The molecule has 0 atom stereocenters. The van der Waals surface area contributed by atoms with Crippen LogP contribution in [0.15, 0.2) is 64.6 Å². The van der Waals surface area contributed by atoms with Gasteiger partial charge in [-0.05, 0) is 35.7 Å². The lowest BCUT2D eigenvalue weighted by Gasteiger charge is -2.12. The van der Waals surface area contributed by atoms with Gasteiger partial charge in [-0.3, -0.25) is 4.99 Å². The van der Waals surface area contributed by atoms with Gasteiger partial charge in [-0.15, -0.1) is 0 Å². The Morgan fingerprint density at radius 2 is 1.85 bits per heavy atom. The molecule has 3 aromatic rings. The zero-order valence-corrected chi connectivity index (χ0v) is 15.9. The smallest absolute Gasteiger partial charge is 0.238 e. The van der Waals surface area contributed by atoms with Crippen molar-refractivity contribution in [3.05, 3.63) is 65.9 Å². The van der Waals surface area contributed by atoms with Gasteiger partial charge < -0.3 is 15.6 Å². The fourth-order valence-corrected chi connectivity index (χ4v) is 3.37. The number of benzene rings is 2. The fourth-order valence-electron chi connectivity index (χ4n) is 2.86. The van der Waals surface area contributed by atoms with Crippen molar-refractivity contribution in [1.82, 2.24) is 15.6 Å². The number of hydrogen-bond acceptors (Lipinski definition) is 3. The summed E-state index contributed by atoms with van der Waals surface area (Å²) in [5, 5.41) is 12.8. The molecule has 2 aromatic carbocycles. The molecule has 1 aromatic heterocycles. The Morgan fingerprint density at radius 3 is 2.56 bits per heavy atom. The average molecular weight is 385 g/mol. The minimum Gasteiger partial charge on any atom is -0.361 e. The van der Waals surface area contributed by atoms with Gasteiger partial charge in [0.25, 0.3) is 0 Å². The number of nitrogens with zero attached hydrogens (tertiary/aromatic N) is 1. The van der Waals surface area contributed by atoms with Crippen molar-refractivity contribution >= 4 is 26.9 Å². The Labute approximate surface area is 158 Å². The second-order valence-corrected chi connectivity index (χ2v) is 7.71. The number of rotatable bonds is 6. The maximum Gasteiger partial charge on any atom is 0.238 e. The van der Waals surface area contributed by atoms with E-state index in [0.29, 0.717) is 12.5 Å². The van der Waals surface area contributed by atoms with Crippen LogP contribution >= 0.6 is 0 Å². The van der Waals surface area contributed by atoms with E-state index in [-0.39, 0.29) is 4.90 Å². The first kappa shape index (κ1) is 18.9. The van der Waals surface area contributed by atoms with Gasteiger partial charge in [-0.25, -0.2) is 13.6 Å². The highest BCUT2D eigenvalue weighted by molar-refractivity contribution is 7.89. The number of guanidine groups is 1. The third kappa shape index (κ3) is 4.87. The van der Waals surface area contributed by atoms with E-state index in [1.165, 1.54) is 23.1 Å². The Bertz CT molecular complexity index is 1040. The predicted octanol–water partition coefficient (Wildman–Crippen LogP) is 1.72. The lowest BCUT2D eigenvalue weighted by molar-refractivity contribution is 0.597. The van der Waals surface area contributed by atoms with E-state index in [4.69, 9.17) is 5.14 Å². The van der Waals surface area contributed by atoms with E-state index in [0.717, 1.165) is 24.0 Å². The van der Waals surface area contributed by atoms with Gasteiger partial charge in [-0.2, -0.15) is 0 Å². The summed E-state index contributed by atoms with van der Waals surface area (Å²) in [6.45, 7) is 1.27. The standard InChI is InChI=1S/C19H23N5O2S/c1-21-19(24-12-14-6-8-16(9-7-14)27(20,25)26)22-11-10-15-13-23-18-5-3-2-4-17(15)18/h2-9,13,23H,10-12H2,1H3,(H2,20,25,26)(H2,21,22,24). The molecular weight excluding hydrogens is 362 g/mol. The number of para-hydroxylation sites is 1. The molecule has 0 saturated heterocycles. The second kappa shape index (κ2) is 8.24. The molecule has 1 heterocycles. The normalized spacial score (nSPS) is 12.3. The summed E-state index contributed by atoms with van der Waals surface area (Å²) >= 11 is 0. The highest BCUT2D eigenvalue weighted by Gasteiger charge is 2.07. The van der Waals surface area contributed by atoms with E-state index in [2.05, 4.69) is 32.7 Å². The first-order valence-electron chi connectivity index (χ1n) is 8.58. The number of primary sulfonamides is 1. The van der Waals surface area contributed by atoms with Crippen molar-refractivity contribution in [2.75, 3.05) is 13.6 Å². The molecule has 8 heteroatoms. The fraction of sp³-hybridized carbons (Fsp3) is 0.211. The maximum atomic E-state index is 11.3. The summed E-state index contributed by atoms with van der Waals surface area (Å²) in [4.78, 5) is 7.59. The number of hydrogen-bond donors (Lipinski definition) is 4. The van der Waals surface area contributed by atoms with Crippen LogP contribution in [0.5, 0.6) is 0 Å².